The van der Waals surface area contributed by atoms with Crippen LogP contribution < -0.4 is 5.73 Å². The highest BCUT2D eigenvalue weighted by molar-refractivity contribution is 9.10. The van der Waals surface area contributed by atoms with Gasteiger partial charge in [-0.3, -0.25) is 4.79 Å². The molecule has 1 rings (SSSR count). The van der Waals surface area contributed by atoms with Gasteiger partial charge in [0.1, 0.15) is 16.5 Å². The van der Waals surface area contributed by atoms with Crippen molar-refractivity contribution < 1.29 is 22.0 Å². The molecule has 1 aromatic carbocycles. The van der Waals surface area contributed by atoms with Crippen LogP contribution in [-0.2, 0) is 14.8 Å². The van der Waals surface area contributed by atoms with E-state index in [9.17, 15) is 22.0 Å². The first-order valence-electron chi connectivity index (χ1n) is 4.55. The predicted octanol–water partition coefficient (Wildman–Crippen LogP) is 0.833. The summed E-state index contributed by atoms with van der Waals surface area (Å²) in [7, 11) is -3.20. The average Bonchev–Trinajstić information content (AvgIpc) is 2.13. The van der Waals surface area contributed by atoms with E-state index in [1.165, 1.54) is 0 Å². The summed E-state index contributed by atoms with van der Waals surface area (Å²) in [5.74, 6) is -3.06. The van der Waals surface area contributed by atoms with Crippen LogP contribution in [0.5, 0.6) is 0 Å². The molecule has 1 amide bonds. The summed E-state index contributed by atoms with van der Waals surface area (Å²) < 4.78 is 50.6. The van der Waals surface area contributed by atoms with Crippen molar-refractivity contribution in [3.63, 3.8) is 0 Å². The van der Waals surface area contributed by atoms with E-state index in [0.717, 1.165) is 13.1 Å². The van der Waals surface area contributed by atoms with Gasteiger partial charge in [0.2, 0.25) is 15.9 Å². The second-order valence-electron chi connectivity index (χ2n) is 3.43. The van der Waals surface area contributed by atoms with Crippen LogP contribution in [0.25, 0.3) is 0 Å². The molecule has 0 unspecified atom stereocenters. The maximum absolute atomic E-state index is 13.5. The second kappa shape index (κ2) is 5.29. The number of halogens is 3. The summed E-state index contributed by atoms with van der Waals surface area (Å²) in [6.45, 7) is -0.606. The van der Waals surface area contributed by atoms with Gasteiger partial charge in [0.15, 0.2) is 0 Å². The molecule has 0 saturated heterocycles. The molecule has 0 aliphatic carbocycles. The van der Waals surface area contributed by atoms with Gasteiger partial charge >= 0.3 is 0 Å². The molecule has 0 radical (unpaired) electrons. The lowest BCUT2D eigenvalue weighted by Crippen LogP contribution is -2.35. The molecule has 18 heavy (non-hydrogen) atoms. The number of primary amides is 1. The molecular weight excluding hydrogens is 334 g/mol. The van der Waals surface area contributed by atoms with Gasteiger partial charge in [-0.1, -0.05) is 0 Å². The van der Waals surface area contributed by atoms with E-state index in [2.05, 4.69) is 15.9 Å². The minimum absolute atomic E-state index is 0.267. The Labute approximate surface area is 111 Å². The number of rotatable bonds is 4. The molecule has 1 aromatic rings. The molecule has 2 N–H and O–H groups in total. The average molecular weight is 343 g/mol. The van der Waals surface area contributed by atoms with Crippen LogP contribution in [0.4, 0.5) is 8.78 Å². The van der Waals surface area contributed by atoms with Crippen molar-refractivity contribution in [3.8, 4) is 0 Å². The van der Waals surface area contributed by atoms with Gasteiger partial charge in [0.05, 0.1) is 6.54 Å². The molecule has 0 saturated carbocycles. The van der Waals surface area contributed by atoms with Crippen molar-refractivity contribution in [1.82, 2.24) is 4.31 Å². The van der Waals surface area contributed by atoms with Crippen molar-refractivity contribution in [2.24, 2.45) is 5.73 Å². The topological polar surface area (TPSA) is 80.5 Å². The van der Waals surface area contributed by atoms with E-state index in [1.54, 1.807) is 0 Å². The fraction of sp³-hybridized carbons (Fsp3) is 0.222. The predicted molar refractivity (Wildman–Crippen MR) is 63.1 cm³/mol. The zero-order valence-corrected chi connectivity index (χ0v) is 11.6. The standard InChI is InChI=1S/C9H9BrF2N2O3S/c1-14(4-8(13)15)18(16,17)9-6(10)2-5(11)3-7(9)12/h2-3H,4H2,1H3,(H2,13,15). The Hall–Kier alpha value is -1.06. The van der Waals surface area contributed by atoms with E-state index in [0.29, 0.717) is 10.4 Å². The molecule has 0 atom stereocenters. The number of sulfonamides is 1. The van der Waals surface area contributed by atoms with Gasteiger partial charge in [0, 0.05) is 17.6 Å². The summed E-state index contributed by atoms with van der Waals surface area (Å²) in [4.78, 5) is 9.92. The molecule has 0 aliphatic rings. The number of nitrogens with two attached hydrogens (primary N) is 1. The molecule has 0 heterocycles. The van der Waals surface area contributed by atoms with Crippen LogP contribution in [0, 0.1) is 11.6 Å². The number of carbonyl (C=O) groups is 1. The van der Waals surface area contributed by atoms with Gasteiger partial charge in [0.25, 0.3) is 0 Å². The van der Waals surface area contributed by atoms with Crippen LogP contribution >= 0.6 is 15.9 Å². The third-order valence-corrected chi connectivity index (χ3v) is 4.78. The molecule has 0 aliphatic heterocycles. The smallest absolute Gasteiger partial charge is 0.247 e. The minimum atomic E-state index is -4.27. The number of nitrogens with zero attached hydrogens (tertiary/aromatic N) is 1. The van der Waals surface area contributed by atoms with Crippen molar-refractivity contribution in [2.45, 2.75) is 4.90 Å². The highest BCUT2D eigenvalue weighted by Gasteiger charge is 2.28. The van der Waals surface area contributed by atoms with Gasteiger partial charge < -0.3 is 5.73 Å². The van der Waals surface area contributed by atoms with Gasteiger partial charge in [-0.05, 0) is 22.0 Å². The number of likely N-dealkylation sites (N-methyl/N-ethyl adjacent to an activating group) is 1. The maximum atomic E-state index is 13.5. The van der Waals surface area contributed by atoms with Gasteiger partial charge in [-0.25, -0.2) is 17.2 Å². The Morgan fingerprint density at radius 2 is 2.00 bits per heavy atom. The zero-order chi connectivity index (χ0) is 14.1. The summed E-state index contributed by atoms with van der Waals surface area (Å²) in [5, 5.41) is 0. The first-order chi connectivity index (χ1) is 8.16. The number of benzene rings is 1. The lowest BCUT2D eigenvalue weighted by atomic mass is 10.3. The molecule has 0 fully saturated rings. The Bertz CT molecular complexity index is 568. The molecular formula is C9H9BrF2N2O3S. The number of hydrogen-bond donors (Lipinski definition) is 1. The lowest BCUT2D eigenvalue weighted by molar-refractivity contribution is -0.118. The van der Waals surface area contributed by atoms with E-state index in [-0.39, 0.29) is 4.47 Å². The summed E-state index contributed by atoms with van der Waals surface area (Å²) >= 11 is 2.77. The molecule has 100 valence electrons. The molecule has 0 bridgehead atoms. The number of amides is 1. The van der Waals surface area contributed by atoms with E-state index < -0.39 is 39.0 Å². The van der Waals surface area contributed by atoms with E-state index in [4.69, 9.17) is 5.73 Å². The van der Waals surface area contributed by atoms with Crippen LogP contribution in [0.2, 0.25) is 0 Å². The minimum Gasteiger partial charge on any atom is -0.369 e. The highest BCUT2D eigenvalue weighted by Crippen LogP contribution is 2.28. The third-order valence-electron chi connectivity index (χ3n) is 2.01. The largest absolute Gasteiger partial charge is 0.369 e. The van der Waals surface area contributed by atoms with Crippen LogP contribution in [-0.4, -0.2) is 32.2 Å². The summed E-state index contributed by atoms with van der Waals surface area (Å²) in [5.41, 5.74) is 4.86. The third kappa shape index (κ3) is 3.03. The fourth-order valence-corrected chi connectivity index (χ4v) is 3.48. The molecule has 9 heteroatoms. The monoisotopic (exact) mass is 342 g/mol. The van der Waals surface area contributed by atoms with Crippen LogP contribution in [0.1, 0.15) is 0 Å². The molecule has 0 aromatic heterocycles. The number of hydrogen-bond acceptors (Lipinski definition) is 3. The summed E-state index contributed by atoms with van der Waals surface area (Å²) in [6.07, 6.45) is 0. The number of carbonyl (C=O) groups excluding carboxylic acids is 1. The molecule has 0 spiro atoms. The maximum Gasteiger partial charge on any atom is 0.247 e. The van der Waals surface area contributed by atoms with Gasteiger partial charge in [-0.2, -0.15) is 4.31 Å². The Morgan fingerprint density at radius 1 is 1.44 bits per heavy atom. The molecule has 5 nitrogen and oxygen atoms in total. The van der Waals surface area contributed by atoms with Gasteiger partial charge in [-0.15, -0.1) is 0 Å². The lowest BCUT2D eigenvalue weighted by Gasteiger charge is -2.16. The first-order valence-corrected chi connectivity index (χ1v) is 6.78. The van der Waals surface area contributed by atoms with Crippen molar-refractivity contribution >= 4 is 31.9 Å². The Balaban J connectivity index is 3.33. The highest BCUT2D eigenvalue weighted by atomic mass is 79.9. The van der Waals surface area contributed by atoms with Crippen LogP contribution in [0.15, 0.2) is 21.5 Å². The zero-order valence-electron chi connectivity index (χ0n) is 9.15. The normalized spacial score (nSPS) is 11.8. The Morgan fingerprint density at radius 3 is 2.44 bits per heavy atom. The summed E-state index contributed by atoms with van der Waals surface area (Å²) in [6, 6.07) is 1.25. The SMILES string of the molecule is CN(CC(N)=O)S(=O)(=O)c1c(F)cc(F)cc1Br. The van der Waals surface area contributed by atoms with Crippen molar-refractivity contribution in [1.29, 1.82) is 0 Å². The van der Waals surface area contributed by atoms with Crippen molar-refractivity contribution in [2.75, 3.05) is 13.6 Å². The van der Waals surface area contributed by atoms with Crippen LogP contribution in [0.3, 0.4) is 0 Å². The second-order valence-corrected chi connectivity index (χ2v) is 6.26. The quantitative estimate of drug-likeness (QED) is 0.880. The fourth-order valence-electron chi connectivity index (χ4n) is 1.24. The van der Waals surface area contributed by atoms with E-state index >= 15 is 0 Å². The van der Waals surface area contributed by atoms with E-state index in [1.807, 2.05) is 0 Å². The van der Waals surface area contributed by atoms with Crippen molar-refractivity contribution in [3.05, 3.63) is 28.2 Å². The first kappa shape index (κ1) is 15.0. The Kier molecular flexibility index (Phi) is 4.41.